The van der Waals surface area contributed by atoms with Crippen molar-refractivity contribution in [1.82, 2.24) is 4.90 Å². The number of amides is 1. The zero-order valence-electron chi connectivity index (χ0n) is 16.0. The van der Waals surface area contributed by atoms with Crippen LogP contribution in [0.15, 0.2) is 58.3 Å². The third kappa shape index (κ3) is 4.54. The standard InChI is InChI=1S/C21H26N2O4S/c1-23-14-5-4-6-16(23)13-15-27-17-9-11-18(12-10-17)28(25,26)20-8-3-2-7-19(20)21(22)24/h2-3,7-12,16H,4-6,13-15H2,1H3,(H2,22,24)/t16-/m1/s1. The molecule has 6 nitrogen and oxygen atoms in total. The van der Waals surface area contributed by atoms with Crippen LogP contribution in [0.5, 0.6) is 5.75 Å². The molecule has 1 aliphatic rings. The molecule has 7 heteroatoms. The zero-order chi connectivity index (χ0) is 20.1. The van der Waals surface area contributed by atoms with Gasteiger partial charge in [-0.3, -0.25) is 4.79 Å². The van der Waals surface area contributed by atoms with Gasteiger partial charge in [-0.2, -0.15) is 0 Å². The number of likely N-dealkylation sites (tertiary alicyclic amines) is 1. The number of benzene rings is 2. The van der Waals surface area contributed by atoms with E-state index >= 15 is 0 Å². The maximum absolute atomic E-state index is 12.9. The van der Waals surface area contributed by atoms with Crippen molar-refractivity contribution in [1.29, 1.82) is 0 Å². The Bertz CT molecular complexity index is 926. The van der Waals surface area contributed by atoms with E-state index in [-0.39, 0.29) is 15.4 Å². The summed E-state index contributed by atoms with van der Waals surface area (Å²) in [5, 5.41) is 0. The van der Waals surface area contributed by atoms with Crippen molar-refractivity contribution < 1.29 is 17.9 Å². The summed E-state index contributed by atoms with van der Waals surface area (Å²) in [6.07, 6.45) is 4.65. The molecule has 0 aliphatic carbocycles. The van der Waals surface area contributed by atoms with Gasteiger partial charge in [-0.1, -0.05) is 18.6 Å². The van der Waals surface area contributed by atoms with E-state index in [2.05, 4.69) is 11.9 Å². The van der Waals surface area contributed by atoms with Crippen LogP contribution in [0.2, 0.25) is 0 Å². The van der Waals surface area contributed by atoms with Gasteiger partial charge in [0.05, 0.1) is 22.0 Å². The number of nitrogens with two attached hydrogens (primary N) is 1. The molecule has 0 spiro atoms. The summed E-state index contributed by atoms with van der Waals surface area (Å²) in [6.45, 7) is 1.72. The van der Waals surface area contributed by atoms with Gasteiger partial charge in [-0.05, 0) is 69.3 Å². The molecule has 1 aliphatic heterocycles. The van der Waals surface area contributed by atoms with Gasteiger partial charge in [-0.25, -0.2) is 8.42 Å². The summed E-state index contributed by atoms with van der Waals surface area (Å²) in [5.41, 5.74) is 5.30. The first-order chi connectivity index (χ1) is 13.4. The van der Waals surface area contributed by atoms with Crippen LogP contribution >= 0.6 is 0 Å². The van der Waals surface area contributed by atoms with Gasteiger partial charge in [0.25, 0.3) is 0 Å². The third-order valence-corrected chi connectivity index (χ3v) is 7.05. The second-order valence-corrected chi connectivity index (χ2v) is 9.02. The summed E-state index contributed by atoms with van der Waals surface area (Å²) in [6, 6.07) is 12.8. The van der Waals surface area contributed by atoms with Crippen molar-refractivity contribution in [2.75, 3.05) is 20.2 Å². The number of carbonyl (C=O) groups excluding carboxylic acids is 1. The molecule has 1 fully saturated rings. The summed E-state index contributed by atoms with van der Waals surface area (Å²) < 4.78 is 31.5. The fourth-order valence-electron chi connectivity index (χ4n) is 3.57. The van der Waals surface area contributed by atoms with Gasteiger partial charge in [0.2, 0.25) is 15.7 Å². The molecule has 1 amide bonds. The smallest absolute Gasteiger partial charge is 0.250 e. The SMILES string of the molecule is CN1CCCC[C@@H]1CCOc1ccc(S(=O)(=O)c2ccccc2C(N)=O)cc1. The lowest BCUT2D eigenvalue weighted by molar-refractivity contribution is 0.0997. The van der Waals surface area contributed by atoms with Crippen LogP contribution in [0.3, 0.4) is 0 Å². The molecule has 1 saturated heterocycles. The van der Waals surface area contributed by atoms with E-state index in [1.165, 1.54) is 43.5 Å². The molecular weight excluding hydrogens is 376 g/mol. The van der Waals surface area contributed by atoms with Crippen molar-refractivity contribution >= 4 is 15.7 Å². The topological polar surface area (TPSA) is 89.7 Å². The van der Waals surface area contributed by atoms with E-state index in [9.17, 15) is 13.2 Å². The second-order valence-electron chi connectivity index (χ2n) is 7.10. The van der Waals surface area contributed by atoms with E-state index in [4.69, 9.17) is 10.5 Å². The maximum Gasteiger partial charge on any atom is 0.250 e. The second kappa shape index (κ2) is 8.75. The van der Waals surface area contributed by atoms with Crippen LogP contribution in [-0.4, -0.2) is 45.5 Å². The maximum atomic E-state index is 12.9. The molecule has 0 radical (unpaired) electrons. The first kappa shape index (κ1) is 20.4. The van der Waals surface area contributed by atoms with Crippen LogP contribution in [-0.2, 0) is 9.84 Å². The predicted molar refractivity (Wildman–Crippen MR) is 107 cm³/mol. The van der Waals surface area contributed by atoms with Crippen LogP contribution in [0.4, 0.5) is 0 Å². The number of rotatable bonds is 7. The van der Waals surface area contributed by atoms with Gasteiger partial charge >= 0.3 is 0 Å². The molecule has 2 aromatic rings. The zero-order valence-corrected chi connectivity index (χ0v) is 16.8. The largest absolute Gasteiger partial charge is 0.494 e. The van der Waals surface area contributed by atoms with Crippen LogP contribution in [0.1, 0.15) is 36.0 Å². The highest BCUT2D eigenvalue weighted by Crippen LogP contribution is 2.26. The lowest BCUT2D eigenvalue weighted by Crippen LogP contribution is -2.37. The monoisotopic (exact) mass is 402 g/mol. The van der Waals surface area contributed by atoms with E-state index in [0.29, 0.717) is 18.4 Å². The number of piperidine rings is 1. The molecule has 0 bridgehead atoms. The Morgan fingerprint density at radius 3 is 2.54 bits per heavy atom. The molecule has 1 atom stereocenters. The minimum Gasteiger partial charge on any atom is -0.494 e. The number of primary amides is 1. The van der Waals surface area contributed by atoms with E-state index in [1.54, 1.807) is 24.3 Å². The van der Waals surface area contributed by atoms with E-state index in [1.807, 2.05) is 0 Å². The summed E-state index contributed by atoms with van der Waals surface area (Å²) in [7, 11) is -1.69. The number of hydrogen-bond acceptors (Lipinski definition) is 5. The molecule has 0 unspecified atom stereocenters. The lowest BCUT2D eigenvalue weighted by Gasteiger charge is -2.32. The Morgan fingerprint density at radius 2 is 1.86 bits per heavy atom. The van der Waals surface area contributed by atoms with E-state index < -0.39 is 15.7 Å². The summed E-state index contributed by atoms with van der Waals surface area (Å²) in [5.74, 6) is -0.146. The van der Waals surface area contributed by atoms with Gasteiger partial charge in [0.1, 0.15) is 5.75 Å². The molecule has 0 aromatic heterocycles. The number of nitrogens with zero attached hydrogens (tertiary/aromatic N) is 1. The number of ether oxygens (including phenoxy) is 1. The predicted octanol–water partition coefficient (Wildman–Crippen LogP) is 2.87. The molecule has 3 rings (SSSR count). The van der Waals surface area contributed by atoms with Crippen molar-refractivity contribution in [2.24, 2.45) is 5.73 Å². The Balaban J connectivity index is 1.68. The van der Waals surface area contributed by atoms with Gasteiger partial charge < -0.3 is 15.4 Å². The van der Waals surface area contributed by atoms with Crippen LogP contribution < -0.4 is 10.5 Å². The molecular formula is C21H26N2O4S. The Labute approximate surface area is 166 Å². The van der Waals surface area contributed by atoms with Crippen LogP contribution in [0, 0.1) is 0 Å². The van der Waals surface area contributed by atoms with Gasteiger partial charge in [-0.15, -0.1) is 0 Å². The average molecular weight is 403 g/mol. The van der Waals surface area contributed by atoms with Crippen molar-refractivity contribution in [3.63, 3.8) is 0 Å². The summed E-state index contributed by atoms with van der Waals surface area (Å²) >= 11 is 0. The molecule has 150 valence electrons. The molecule has 0 saturated carbocycles. The molecule has 2 N–H and O–H groups in total. The van der Waals surface area contributed by atoms with Gasteiger partial charge in [0.15, 0.2) is 0 Å². The third-order valence-electron chi connectivity index (χ3n) is 5.22. The molecule has 28 heavy (non-hydrogen) atoms. The van der Waals surface area contributed by atoms with Crippen molar-refractivity contribution in [2.45, 2.75) is 41.5 Å². The molecule has 2 aromatic carbocycles. The highest BCUT2D eigenvalue weighted by Gasteiger charge is 2.23. The quantitative estimate of drug-likeness (QED) is 0.769. The fourth-order valence-corrected chi connectivity index (χ4v) is 5.03. The number of hydrogen-bond donors (Lipinski definition) is 1. The van der Waals surface area contributed by atoms with Crippen molar-refractivity contribution in [3.05, 3.63) is 54.1 Å². The van der Waals surface area contributed by atoms with Crippen molar-refractivity contribution in [3.8, 4) is 5.75 Å². The first-order valence-electron chi connectivity index (χ1n) is 9.46. The minimum absolute atomic E-state index is 0.0144. The minimum atomic E-state index is -3.84. The van der Waals surface area contributed by atoms with E-state index in [0.717, 1.165) is 13.0 Å². The Morgan fingerprint density at radius 1 is 1.14 bits per heavy atom. The Hall–Kier alpha value is -2.38. The number of carbonyl (C=O) groups is 1. The highest BCUT2D eigenvalue weighted by atomic mass is 32.2. The van der Waals surface area contributed by atoms with Gasteiger partial charge in [0, 0.05) is 6.04 Å². The normalized spacial score (nSPS) is 18.0. The summed E-state index contributed by atoms with van der Waals surface area (Å²) in [4.78, 5) is 13.9. The lowest BCUT2D eigenvalue weighted by atomic mass is 10.0. The molecule has 1 heterocycles. The number of sulfone groups is 1. The highest BCUT2D eigenvalue weighted by molar-refractivity contribution is 7.91. The van der Waals surface area contributed by atoms with Crippen LogP contribution in [0.25, 0.3) is 0 Å². The Kier molecular flexibility index (Phi) is 6.36. The fraction of sp³-hybridized carbons (Fsp3) is 0.381. The average Bonchev–Trinajstić information content (AvgIpc) is 2.70. The first-order valence-corrected chi connectivity index (χ1v) is 10.9.